The van der Waals surface area contributed by atoms with Crippen molar-refractivity contribution >= 4 is 45.9 Å². The van der Waals surface area contributed by atoms with E-state index in [4.69, 9.17) is 4.74 Å². The van der Waals surface area contributed by atoms with Gasteiger partial charge in [0, 0.05) is 17.8 Å². The van der Waals surface area contributed by atoms with Gasteiger partial charge in [-0.3, -0.25) is 4.89 Å². The molecule has 0 radical (unpaired) electrons. The maximum atomic E-state index is 12.8. The number of rotatable bonds is 8. The third-order valence-corrected chi connectivity index (χ3v) is 10.8. The number of nitrogens with one attached hydrogen (secondary N) is 2. The third-order valence-electron chi connectivity index (χ3n) is 6.26. The lowest BCUT2D eigenvalue weighted by atomic mass is 10.2. The van der Waals surface area contributed by atoms with E-state index in [1.54, 1.807) is 51.3 Å². The first-order valence-corrected chi connectivity index (χ1v) is 15.9. The number of ether oxygens (including phenoxy) is 1. The summed E-state index contributed by atoms with van der Waals surface area (Å²) in [6, 6.07) is 14.5. The fraction of sp³-hybridized carbons (Fsp3) is 0.360. The maximum Gasteiger partial charge on any atom is 0.182 e. The highest BCUT2D eigenvalue weighted by Crippen LogP contribution is 2.52. The first kappa shape index (κ1) is 26.1. The number of aromatic nitrogens is 2. The van der Waals surface area contributed by atoms with Crippen LogP contribution in [0.3, 0.4) is 0 Å². The quantitative estimate of drug-likeness (QED) is 0.361. The fourth-order valence-corrected chi connectivity index (χ4v) is 6.77. The van der Waals surface area contributed by atoms with Crippen LogP contribution in [0.25, 0.3) is 0 Å². The van der Waals surface area contributed by atoms with Gasteiger partial charge in [0.2, 0.25) is 0 Å². The monoisotopic (exact) mass is 530 g/mol. The molecule has 0 saturated carbocycles. The Labute approximate surface area is 213 Å². The van der Waals surface area contributed by atoms with E-state index in [9.17, 15) is 13.3 Å². The van der Waals surface area contributed by atoms with Crippen LogP contribution in [0.4, 0.5) is 28.6 Å². The van der Waals surface area contributed by atoms with Crippen LogP contribution >= 0.6 is 7.49 Å². The molecule has 11 heteroatoms. The van der Waals surface area contributed by atoms with Gasteiger partial charge in [0.05, 0.1) is 60.3 Å². The van der Waals surface area contributed by atoms with Crippen LogP contribution in [0.5, 0.6) is 5.75 Å². The van der Waals surface area contributed by atoms with Gasteiger partial charge in [-0.25, -0.2) is 8.42 Å². The molecule has 36 heavy (non-hydrogen) atoms. The van der Waals surface area contributed by atoms with Crippen molar-refractivity contribution < 1.29 is 18.0 Å². The number of sulfone groups is 1. The molecule has 4 rings (SSSR count). The van der Waals surface area contributed by atoms with Crippen LogP contribution in [0.15, 0.2) is 59.6 Å². The molecule has 0 aliphatic carbocycles. The summed E-state index contributed by atoms with van der Waals surface area (Å²) >= 11 is 0. The second-order valence-corrected chi connectivity index (χ2v) is 15.4. The second-order valence-electron chi connectivity index (χ2n) is 9.33. The van der Waals surface area contributed by atoms with Gasteiger partial charge in [-0.2, -0.15) is 5.10 Å². The van der Waals surface area contributed by atoms with E-state index in [0.29, 0.717) is 22.9 Å². The highest BCUT2D eigenvalue weighted by Gasteiger charge is 2.34. The van der Waals surface area contributed by atoms with Crippen LogP contribution in [0.1, 0.15) is 13.8 Å². The molecule has 1 aromatic heterocycles. The predicted octanol–water partition coefficient (Wildman–Crippen LogP) is 4.53. The normalized spacial score (nSPS) is 15.6. The highest BCUT2D eigenvalue weighted by molar-refractivity contribution is 7.92. The van der Waals surface area contributed by atoms with Crippen LogP contribution in [0.2, 0.25) is 0 Å². The van der Waals surface area contributed by atoms with Crippen molar-refractivity contribution in [2.24, 2.45) is 0 Å². The van der Waals surface area contributed by atoms with Gasteiger partial charge in [-0.15, -0.1) is 5.10 Å². The summed E-state index contributed by atoms with van der Waals surface area (Å²) in [6.45, 7) is 6.96. The SMILES string of the molecule is COc1cc(N2CC[P+](C)(O)CC2)ccc1Nc1cc(Nc2ccccc2S(=O)(=O)C(C)C)cnn1. The molecule has 1 fully saturated rings. The predicted molar refractivity (Wildman–Crippen MR) is 147 cm³/mol. The van der Waals surface area contributed by atoms with E-state index in [1.807, 2.05) is 24.9 Å². The van der Waals surface area contributed by atoms with Crippen molar-refractivity contribution in [2.75, 3.05) is 54.7 Å². The lowest BCUT2D eigenvalue weighted by molar-refractivity contribution is 0.417. The van der Waals surface area contributed by atoms with Crippen molar-refractivity contribution in [3.63, 3.8) is 0 Å². The maximum absolute atomic E-state index is 12.8. The van der Waals surface area contributed by atoms with Crippen LogP contribution in [-0.4, -0.2) is 67.9 Å². The third kappa shape index (κ3) is 5.88. The number of para-hydroxylation sites is 1. The molecule has 9 nitrogen and oxygen atoms in total. The van der Waals surface area contributed by atoms with Crippen LogP contribution in [0, 0.1) is 0 Å². The molecule has 0 amide bonds. The molecule has 2 aromatic carbocycles. The topological polar surface area (TPSA) is 117 Å². The Morgan fingerprint density at radius 2 is 1.78 bits per heavy atom. The summed E-state index contributed by atoms with van der Waals surface area (Å²) < 4.78 is 31.2. The van der Waals surface area contributed by atoms with Gasteiger partial charge in [0.1, 0.15) is 25.6 Å². The number of anilines is 5. The van der Waals surface area contributed by atoms with Gasteiger partial charge >= 0.3 is 0 Å². The minimum Gasteiger partial charge on any atom is -0.494 e. The van der Waals surface area contributed by atoms with Crippen molar-refractivity contribution in [3.05, 3.63) is 54.7 Å². The van der Waals surface area contributed by atoms with Gasteiger partial charge in [-0.05, 0) is 38.1 Å². The number of hydrogen-bond acceptors (Lipinski definition) is 9. The zero-order valence-corrected chi connectivity index (χ0v) is 22.7. The first-order chi connectivity index (χ1) is 17.1. The molecule has 0 spiro atoms. The van der Waals surface area contributed by atoms with E-state index in [0.717, 1.165) is 36.8 Å². The Kier molecular flexibility index (Phi) is 7.68. The molecule has 1 saturated heterocycles. The average Bonchev–Trinajstić information content (AvgIpc) is 2.85. The average molecular weight is 531 g/mol. The summed E-state index contributed by atoms with van der Waals surface area (Å²) in [5.74, 6) is 1.14. The van der Waals surface area contributed by atoms with E-state index >= 15 is 0 Å². The first-order valence-electron chi connectivity index (χ1n) is 11.8. The molecule has 3 aromatic rings. The van der Waals surface area contributed by atoms with E-state index in [1.165, 1.54) is 6.20 Å². The van der Waals surface area contributed by atoms with Crippen molar-refractivity contribution in [3.8, 4) is 5.75 Å². The molecule has 2 heterocycles. The number of methoxy groups -OCH3 is 1. The molecule has 1 aliphatic heterocycles. The van der Waals surface area contributed by atoms with E-state index in [-0.39, 0.29) is 4.90 Å². The number of nitrogens with zero attached hydrogens (tertiary/aromatic N) is 3. The van der Waals surface area contributed by atoms with Crippen molar-refractivity contribution in [1.82, 2.24) is 10.2 Å². The molecule has 0 atom stereocenters. The number of benzene rings is 2. The summed E-state index contributed by atoms with van der Waals surface area (Å²) in [4.78, 5) is 12.8. The molecule has 0 bridgehead atoms. The Morgan fingerprint density at radius 1 is 1.06 bits per heavy atom. The minimum atomic E-state index is -3.46. The Bertz CT molecular complexity index is 1320. The van der Waals surface area contributed by atoms with Gasteiger partial charge < -0.3 is 20.3 Å². The Hall–Kier alpha value is -2.94. The van der Waals surface area contributed by atoms with Gasteiger partial charge in [0.25, 0.3) is 0 Å². The number of hydrogen-bond donors (Lipinski definition) is 3. The minimum absolute atomic E-state index is 0.241. The molecular formula is C25H33N5O4PS+. The fourth-order valence-electron chi connectivity index (χ4n) is 4.00. The lowest BCUT2D eigenvalue weighted by Crippen LogP contribution is -2.36. The van der Waals surface area contributed by atoms with E-state index < -0.39 is 22.6 Å². The van der Waals surface area contributed by atoms with Gasteiger partial charge in [0.15, 0.2) is 15.7 Å². The summed E-state index contributed by atoms with van der Waals surface area (Å²) in [7, 11) is -3.60. The highest BCUT2D eigenvalue weighted by atomic mass is 32.2. The second kappa shape index (κ2) is 10.6. The Balaban J connectivity index is 1.53. The standard InChI is InChI=1S/C25H33N5O4PS/c1-18(2)36(32,33)24-8-6-5-7-22(24)27-19-15-25(29-26-17-19)28-21-10-9-20(16-23(21)34-3)30-11-13-35(4,31)14-12-30/h5-10,15-18,31H,11-14H2,1-4H3,(H2,27,28,29)/q+1. The van der Waals surface area contributed by atoms with E-state index in [2.05, 4.69) is 25.7 Å². The molecule has 1 aliphatic rings. The Morgan fingerprint density at radius 3 is 2.47 bits per heavy atom. The molecular weight excluding hydrogens is 497 g/mol. The largest absolute Gasteiger partial charge is 0.494 e. The molecule has 192 valence electrons. The van der Waals surface area contributed by atoms with Crippen molar-refractivity contribution in [2.45, 2.75) is 24.0 Å². The van der Waals surface area contributed by atoms with Gasteiger partial charge in [-0.1, -0.05) is 12.1 Å². The zero-order chi connectivity index (χ0) is 25.9. The van der Waals surface area contributed by atoms with Crippen molar-refractivity contribution in [1.29, 1.82) is 0 Å². The van der Waals surface area contributed by atoms with Crippen LogP contribution < -0.4 is 20.3 Å². The van der Waals surface area contributed by atoms with Crippen LogP contribution in [-0.2, 0) is 9.84 Å². The zero-order valence-electron chi connectivity index (χ0n) is 21.0. The summed E-state index contributed by atoms with van der Waals surface area (Å²) in [5.41, 5.74) is 2.85. The lowest BCUT2D eigenvalue weighted by Gasteiger charge is -2.32. The smallest absolute Gasteiger partial charge is 0.182 e. The summed E-state index contributed by atoms with van der Waals surface area (Å²) in [6.07, 6.45) is 3.19. The molecule has 0 unspecified atom stereocenters. The summed E-state index contributed by atoms with van der Waals surface area (Å²) in [5, 5.41) is 14.1. The molecule has 3 N–H and O–H groups in total.